The maximum absolute atomic E-state index is 13.1. The summed E-state index contributed by atoms with van der Waals surface area (Å²) in [4.78, 5) is 19.4. The predicted molar refractivity (Wildman–Crippen MR) is 135 cm³/mol. The Bertz CT molecular complexity index is 1430. The van der Waals surface area contributed by atoms with Gasteiger partial charge in [-0.2, -0.15) is 5.10 Å². The van der Waals surface area contributed by atoms with Crippen LogP contribution in [0.2, 0.25) is 0 Å². The van der Waals surface area contributed by atoms with E-state index in [9.17, 15) is 4.79 Å². The minimum atomic E-state index is -0.583. The number of ether oxygens (including phenoxy) is 1. The maximum atomic E-state index is 13.1. The fourth-order valence-corrected chi connectivity index (χ4v) is 4.20. The molecule has 0 radical (unpaired) electrons. The molecule has 3 aromatic carbocycles. The number of rotatable bonds is 5. The second-order valence-electron chi connectivity index (χ2n) is 9.18. The highest BCUT2D eigenvalue weighted by Gasteiger charge is 2.23. The van der Waals surface area contributed by atoms with Gasteiger partial charge in [-0.1, -0.05) is 36.4 Å². The molecule has 0 aliphatic heterocycles. The van der Waals surface area contributed by atoms with Crippen LogP contribution in [0.5, 0.6) is 0 Å². The highest BCUT2D eigenvalue weighted by molar-refractivity contribution is 6.13. The van der Waals surface area contributed by atoms with E-state index in [0.717, 1.165) is 33.2 Å². The summed E-state index contributed by atoms with van der Waals surface area (Å²) in [7, 11) is 0. The lowest BCUT2D eigenvalue weighted by Crippen LogP contribution is -2.27. The van der Waals surface area contributed by atoms with E-state index in [-0.39, 0.29) is 6.09 Å². The number of fused-ring (bicyclic) bond motifs is 3. The Morgan fingerprint density at radius 3 is 2.38 bits per heavy atom. The first-order chi connectivity index (χ1) is 16.4. The van der Waals surface area contributed by atoms with Crippen molar-refractivity contribution in [3.8, 4) is 0 Å². The Morgan fingerprint density at radius 2 is 1.65 bits per heavy atom. The molecule has 5 rings (SSSR count). The highest BCUT2D eigenvalue weighted by Crippen LogP contribution is 2.34. The van der Waals surface area contributed by atoms with Gasteiger partial charge in [0.15, 0.2) is 0 Å². The number of para-hydroxylation sites is 2. The number of nitrogens with zero attached hydrogens (tertiary/aromatic N) is 5. The lowest BCUT2D eigenvalue weighted by Gasteiger charge is -2.25. The summed E-state index contributed by atoms with van der Waals surface area (Å²) in [6.07, 6.45) is 2.89. The van der Waals surface area contributed by atoms with Crippen LogP contribution in [0.4, 0.5) is 16.2 Å². The molecule has 2 heterocycles. The second kappa shape index (κ2) is 8.67. The Balaban J connectivity index is 1.62. The molecule has 0 aliphatic rings. The molecule has 2 aromatic heterocycles. The summed E-state index contributed by atoms with van der Waals surface area (Å²) in [5, 5.41) is 6.25. The van der Waals surface area contributed by atoms with Crippen molar-refractivity contribution in [2.75, 3.05) is 11.4 Å². The number of anilines is 2. The monoisotopic (exact) mass is 453 g/mol. The first kappa shape index (κ1) is 21.7. The molecule has 0 aliphatic carbocycles. The molecular weight excluding hydrogens is 426 g/mol. The van der Waals surface area contributed by atoms with Crippen molar-refractivity contribution in [3.05, 3.63) is 85.5 Å². The van der Waals surface area contributed by atoms with Crippen LogP contribution in [0, 0.1) is 0 Å². The molecule has 0 unspecified atom stereocenters. The van der Waals surface area contributed by atoms with Crippen LogP contribution in [-0.4, -0.2) is 37.6 Å². The fraction of sp³-hybridized carbons (Fsp3) is 0.222. The molecule has 7 nitrogen and oxygen atoms in total. The van der Waals surface area contributed by atoms with Gasteiger partial charge in [0.25, 0.3) is 0 Å². The molecular formula is C27H27N5O2. The zero-order valence-corrected chi connectivity index (χ0v) is 19.5. The molecule has 0 fully saturated rings. The summed E-state index contributed by atoms with van der Waals surface area (Å²) >= 11 is 0. The molecule has 0 saturated carbocycles. The minimum Gasteiger partial charge on any atom is -0.443 e. The van der Waals surface area contributed by atoms with Crippen molar-refractivity contribution in [1.29, 1.82) is 0 Å². The Kier molecular flexibility index (Phi) is 5.53. The van der Waals surface area contributed by atoms with Gasteiger partial charge in [-0.15, -0.1) is 0 Å². The zero-order valence-electron chi connectivity index (χ0n) is 19.5. The van der Waals surface area contributed by atoms with Gasteiger partial charge in [-0.3, -0.25) is 4.68 Å². The van der Waals surface area contributed by atoms with Crippen molar-refractivity contribution in [2.45, 2.75) is 32.9 Å². The van der Waals surface area contributed by atoms with Crippen molar-refractivity contribution in [1.82, 2.24) is 19.3 Å². The van der Waals surface area contributed by atoms with Gasteiger partial charge < -0.3 is 9.64 Å². The van der Waals surface area contributed by atoms with Gasteiger partial charge in [0.1, 0.15) is 18.3 Å². The fourth-order valence-electron chi connectivity index (χ4n) is 4.20. The van der Waals surface area contributed by atoms with Crippen LogP contribution in [-0.2, 0) is 11.3 Å². The molecule has 172 valence electrons. The van der Waals surface area contributed by atoms with E-state index in [1.54, 1.807) is 17.2 Å². The number of benzene rings is 3. The number of aromatic nitrogens is 4. The molecule has 0 saturated heterocycles. The average Bonchev–Trinajstić information content (AvgIpc) is 3.45. The second-order valence-corrected chi connectivity index (χ2v) is 9.18. The van der Waals surface area contributed by atoms with Crippen LogP contribution in [0.3, 0.4) is 0 Å². The normalized spacial score (nSPS) is 11.7. The standard InChI is InChI=1S/C27H27N5O2/c1-27(2,3)34-26(33)32-24-12-8-7-11-22(24)23-17-21(13-14-25(23)32)31(20-9-5-4-6-10-20)16-15-30-19-28-18-29-30/h4-14,17-19H,15-16H2,1-3H3. The van der Waals surface area contributed by atoms with Crippen molar-refractivity contribution in [3.63, 3.8) is 0 Å². The lowest BCUT2D eigenvalue weighted by molar-refractivity contribution is 0.0551. The summed E-state index contributed by atoms with van der Waals surface area (Å²) in [6.45, 7) is 7.04. The number of hydrogen-bond acceptors (Lipinski definition) is 5. The van der Waals surface area contributed by atoms with Gasteiger partial charge >= 0.3 is 6.09 Å². The highest BCUT2D eigenvalue weighted by atomic mass is 16.6. The average molecular weight is 454 g/mol. The van der Waals surface area contributed by atoms with Crippen LogP contribution in [0.15, 0.2) is 85.5 Å². The Labute approximate surface area is 198 Å². The SMILES string of the molecule is CC(C)(C)OC(=O)n1c2ccccc2c2cc(N(CCn3cncn3)c3ccccc3)ccc21. The minimum absolute atomic E-state index is 0.377. The first-order valence-corrected chi connectivity index (χ1v) is 11.3. The van der Waals surface area contributed by atoms with E-state index < -0.39 is 5.60 Å². The smallest absolute Gasteiger partial charge is 0.419 e. The predicted octanol–water partition coefficient (Wildman–Crippen LogP) is 6.01. The molecule has 0 bridgehead atoms. The van der Waals surface area contributed by atoms with Gasteiger partial charge in [0.05, 0.1) is 17.6 Å². The van der Waals surface area contributed by atoms with Gasteiger partial charge in [0.2, 0.25) is 0 Å². The topological polar surface area (TPSA) is 65.2 Å². The van der Waals surface area contributed by atoms with Crippen molar-refractivity contribution < 1.29 is 9.53 Å². The molecule has 0 atom stereocenters. The van der Waals surface area contributed by atoms with E-state index >= 15 is 0 Å². The van der Waals surface area contributed by atoms with Crippen LogP contribution >= 0.6 is 0 Å². The van der Waals surface area contributed by atoms with E-state index in [0.29, 0.717) is 13.1 Å². The van der Waals surface area contributed by atoms with Crippen molar-refractivity contribution in [2.24, 2.45) is 0 Å². The zero-order chi connectivity index (χ0) is 23.7. The third kappa shape index (κ3) is 4.24. The first-order valence-electron chi connectivity index (χ1n) is 11.3. The van der Waals surface area contributed by atoms with E-state index in [1.165, 1.54) is 0 Å². The maximum Gasteiger partial charge on any atom is 0.419 e. The molecule has 0 N–H and O–H groups in total. The third-order valence-corrected chi connectivity index (χ3v) is 5.63. The largest absolute Gasteiger partial charge is 0.443 e. The quantitative estimate of drug-likeness (QED) is 0.326. The summed E-state index contributed by atoms with van der Waals surface area (Å²) in [5.41, 5.74) is 3.19. The van der Waals surface area contributed by atoms with Gasteiger partial charge in [-0.05, 0) is 57.2 Å². The molecule has 5 aromatic rings. The molecule has 34 heavy (non-hydrogen) atoms. The third-order valence-electron chi connectivity index (χ3n) is 5.63. The number of carbonyl (C=O) groups excluding carboxylic acids is 1. The van der Waals surface area contributed by atoms with Crippen LogP contribution in [0.25, 0.3) is 21.8 Å². The van der Waals surface area contributed by atoms with Crippen LogP contribution < -0.4 is 4.90 Å². The van der Waals surface area contributed by atoms with E-state index in [1.807, 2.05) is 74.0 Å². The lowest BCUT2D eigenvalue weighted by atomic mass is 10.1. The summed E-state index contributed by atoms with van der Waals surface area (Å²) in [5.74, 6) is 0. The molecule has 7 heteroatoms. The van der Waals surface area contributed by atoms with E-state index in [4.69, 9.17) is 4.74 Å². The van der Waals surface area contributed by atoms with Gasteiger partial charge in [0, 0.05) is 28.7 Å². The number of carbonyl (C=O) groups is 1. The Morgan fingerprint density at radius 1 is 0.912 bits per heavy atom. The van der Waals surface area contributed by atoms with Crippen LogP contribution in [0.1, 0.15) is 20.8 Å². The van der Waals surface area contributed by atoms with Crippen molar-refractivity contribution >= 4 is 39.3 Å². The summed E-state index contributed by atoms with van der Waals surface area (Å²) in [6, 6.07) is 24.4. The molecule has 0 spiro atoms. The van der Waals surface area contributed by atoms with Gasteiger partial charge in [-0.25, -0.2) is 14.3 Å². The van der Waals surface area contributed by atoms with E-state index in [2.05, 4.69) is 39.2 Å². The Hall–Kier alpha value is -4.13. The number of hydrogen-bond donors (Lipinski definition) is 0. The molecule has 0 amide bonds. The summed E-state index contributed by atoms with van der Waals surface area (Å²) < 4.78 is 9.21.